The largest absolute Gasteiger partial charge is 0.385 e. The average Bonchev–Trinajstić information content (AvgIpc) is 2.41. The van der Waals surface area contributed by atoms with Crippen molar-refractivity contribution in [1.82, 2.24) is 5.32 Å². The zero-order valence-corrected chi connectivity index (χ0v) is 13.0. The molecule has 0 atom stereocenters. The van der Waals surface area contributed by atoms with E-state index in [1.165, 1.54) is 0 Å². The van der Waals surface area contributed by atoms with E-state index in [1.807, 2.05) is 39.0 Å². The summed E-state index contributed by atoms with van der Waals surface area (Å²) in [6.07, 6.45) is 1.27. The number of carbonyl (C=O) groups is 1. The second-order valence-electron chi connectivity index (χ2n) is 5.13. The minimum atomic E-state index is -0.0445. The maximum atomic E-state index is 12.0. The Kier molecular flexibility index (Phi) is 7.09. The Balaban J connectivity index is 2.51. The van der Waals surface area contributed by atoms with E-state index in [0.717, 1.165) is 29.8 Å². The van der Waals surface area contributed by atoms with Crippen LogP contribution in [0.5, 0.6) is 0 Å². The van der Waals surface area contributed by atoms with Crippen LogP contribution in [0.2, 0.25) is 0 Å². The zero-order chi connectivity index (χ0) is 15.0. The Labute approximate surface area is 121 Å². The lowest BCUT2D eigenvalue weighted by molar-refractivity contribution is 0.0746. The van der Waals surface area contributed by atoms with Crippen LogP contribution in [-0.4, -0.2) is 31.7 Å². The van der Waals surface area contributed by atoms with Gasteiger partial charge in [-0.3, -0.25) is 4.79 Å². The van der Waals surface area contributed by atoms with Crippen molar-refractivity contribution in [2.45, 2.75) is 40.2 Å². The third-order valence-electron chi connectivity index (χ3n) is 2.89. The van der Waals surface area contributed by atoms with Crippen LogP contribution in [0.3, 0.4) is 0 Å². The third kappa shape index (κ3) is 5.61. The van der Waals surface area contributed by atoms with Gasteiger partial charge >= 0.3 is 0 Å². The summed E-state index contributed by atoms with van der Waals surface area (Å²) in [5.74, 6) is -0.0445. The molecule has 1 aromatic rings. The topological polar surface area (TPSA) is 50.4 Å². The lowest BCUT2D eigenvalue weighted by atomic mass is 10.1. The Bertz CT molecular complexity index is 430. The fraction of sp³-hybridized carbons (Fsp3) is 0.562. The molecule has 0 spiro atoms. The Morgan fingerprint density at radius 2 is 2.05 bits per heavy atom. The molecule has 0 heterocycles. The van der Waals surface area contributed by atoms with Crippen LogP contribution in [0.1, 0.15) is 43.1 Å². The van der Waals surface area contributed by atoms with Gasteiger partial charge in [-0.25, -0.2) is 0 Å². The van der Waals surface area contributed by atoms with Crippen LogP contribution in [-0.2, 0) is 4.74 Å². The predicted molar refractivity (Wildman–Crippen MR) is 83.4 cm³/mol. The van der Waals surface area contributed by atoms with E-state index in [4.69, 9.17) is 4.74 Å². The summed E-state index contributed by atoms with van der Waals surface area (Å²) in [5.41, 5.74) is 2.76. The minimum absolute atomic E-state index is 0.0445. The monoisotopic (exact) mass is 278 g/mol. The number of anilines is 1. The van der Waals surface area contributed by atoms with Crippen molar-refractivity contribution in [2.24, 2.45) is 0 Å². The lowest BCUT2D eigenvalue weighted by Crippen LogP contribution is -2.28. The Hall–Kier alpha value is -1.55. The van der Waals surface area contributed by atoms with Crippen LogP contribution in [0.25, 0.3) is 0 Å². The first-order valence-electron chi connectivity index (χ1n) is 7.29. The molecular formula is C16H26N2O2. The number of ether oxygens (including phenoxy) is 1. The molecule has 0 aliphatic rings. The van der Waals surface area contributed by atoms with E-state index in [1.54, 1.807) is 0 Å². The van der Waals surface area contributed by atoms with Crippen LogP contribution >= 0.6 is 0 Å². The van der Waals surface area contributed by atoms with Crippen LogP contribution in [0.15, 0.2) is 18.2 Å². The number of amides is 1. The van der Waals surface area contributed by atoms with Gasteiger partial charge in [-0.1, -0.05) is 6.92 Å². The number of aryl methyl sites for hydroxylation is 1. The number of nitrogens with one attached hydrogen (secondary N) is 2. The molecule has 1 amide bonds. The summed E-state index contributed by atoms with van der Waals surface area (Å²) in [5, 5.41) is 6.19. The predicted octanol–water partition coefficient (Wildman–Crippen LogP) is 2.97. The molecule has 4 nitrogen and oxygen atoms in total. The number of benzene rings is 1. The summed E-state index contributed by atoms with van der Waals surface area (Å²) in [6.45, 7) is 10.1. The van der Waals surface area contributed by atoms with Crippen molar-refractivity contribution >= 4 is 11.6 Å². The summed E-state index contributed by atoms with van der Waals surface area (Å²) >= 11 is 0. The van der Waals surface area contributed by atoms with Gasteiger partial charge in [0, 0.05) is 24.3 Å². The molecule has 0 saturated heterocycles. The number of hydrogen-bond donors (Lipinski definition) is 2. The van der Waals surface area contributed by atoms with Gasteiger partial charge in [0.15, 0.2) is 0 Å². The highest BCUT2D eigenvalue weighted by atomic mass is 16.5. The minimum Gasteiger partial charge on any atom is -0.385 e. The normalized spacial score (nSPS) is 10.7. The van der Waals surface area contributed by atoms with E-state index >= 15 is 0 Å². The molecule has 1 rings (SSSR count). The van der Waals surface area contributed by atoms with Crippen molar-refractivity contribution in [3.63, 3.8) is 0 Å². The second-order valence-corrected chi connectivity index (χ2v) is 5.13. The molecule has 4 heteroatoms. The molecule has 0 fully saturated rings. The standard InChI is InChI=1S/C16H26N2O2/c1-5-8-17-14-6-7-15(13(4)11-14)16(19)18-9-10-20-12(2)3/h6-7,11-12,17H,5,8-10H2,1-4H3,(H,18,19). The first-order valence-corrected chi connectivity index (χ1v) is 7.29. The Morgan fingerprint density at radius 1 is 1.30 bits per heavy atom. The molecule has 20 heavy (non-hydrogen) atoms. The quantitative estimate of drug-likeness (QED) is 0.719. The van der Waals surface area contributed by atoms with E-state index in [9.17, 15) is 4.79 Å². The van der Waals surface area contributed by atoms with Crippen molar-refractivity contribution in [1.29, 1.82) is 0 Å². The van der Waals surface area contributed by atoms with Gasteiger partial charge in [-0.15, -0.1) is 0 Å². The highest BCUT2D eigenvalue weighted by Gasteiger charge is 2.08. The lowest BCUT2D eigenvalue weighted by Gasteiger charge is -2.11. The molecule has 0 unspecified atom stereocenters. The molecule has 0 aliphatic heterocycles. The molecule has 1 aromatic carbocycles. The van der Waals surface area contributed by atoms with Gasteiger partial charge < -0.3 is 15.4 Å². The molecule has 0 radical (unpaired) electrons. The molecular weight excluding hydrogens is 252 g/mol. The van der Waals surface area contributed by atoms with E-state index in [-0.39, 0.29) is 12.0 Å². The molecule has 0 bridgehead atoms. The molecule has 0 aromatic heterocycles. The molecule has 112 valence electrons. The highest BCUT2D eigenvalue weighted by Crippen LogP contribution is 2.15. The summed E-state index contributed by atoms with van der Waals surface area (Å²) in [4.78, 5) is 12.0. The molecule has 2 N–H and O–H groups in total. The summed E-state index contributed by atoms with van der Waals surface area (Å²) < 4.78 is 5.40. The van der Waals surface area contributed by atoms with Crippen LogP contribution in [0.4, 0.5) is 5.69 Å². The van der Waals surface area contributed by atoms with Gasteiger partial charge in [0.2, 0.25) is 0 Å². The van der Waals surface area contributed by atoms with Gasteiger partial charge in [0.1, 0.15) is 0 Å². The van der Waals surface area contributed by atoms with Crippen LogP contribution in [0, 0.1) is 6.92 Å². The maximum absolute atomic E-state index is 12.0. The maximum Gasteiger partial charge on any atom is 0.251 e. The van der Waals surface area contributed by atoms with E-state index < -0.39 is 0 Å². The van der Waals surface area contributed by atoms with Gasteiger partial charge in [-0.2, -0.15) is 0 Å². The van der Waals surface area contributed by atoms with Gasteiger partial charge in [0.25, 0.3) is 5.91 Å². The summed E-state index contributed by atoms with van der Waals surface area (Å²) in [7, 11) is 0. The molecule has 0 aliphatic carbocycles. The second kappa shape index (κ2) is 8.59. The average molecular weight is 278 g/mol. The molecule has 0 saturated carbocycles. The van der Waals surface area contributed by atoms with Crippen molar-refractivity contribution < 1.29 is 9.53 Å². The van der Waals surface area contributed by atoms with E-state index in [2.05, 4.69) is 17.6 Å². The smallest absolute Gasteiger partial charge is 0.251 e. The van der Waals surface area contributed by atoms with E-state index in [0.29, 0.717) is 13.2 Å². The fourth-order valence-corrected chi connectivity index (χ4v) is 1.85. The zero-order valence-electron chi connectivity index (χ0n) is 13.0. The fourth-order valence-electron chi connectivity index (χ4n) is 1.85. The number of carbonyl (C=O) groups excluding carboxylic acids is 1. The van der Waals surface area contributed by atoms with Crippen molar-refractivity contribution in [2.75, 3.05) is 25.0 Å². The van der Waals surface area contributed by atoms with Gasteiger partial charge in [-0.05, 0) is 51.0 Å². The van der Waals surface area contributed by atoms with Crippen LogP contribution < -0.4 is 10.6 Å². The number of rotatable bonds is 8. The van der Waals surface area contributed by atoms with Crippen molar-refractivity contribution in [3.8, 4) is 0 Å². The Morgan fingerprint density at radius 3 is 2.65 bits per heavy atom. The van der Waals surface area contributed by atoms with Crippen molar-refractivity contribution in [3.05, 3.63) is 29.3 Å². The first kappa shape index (κ1) is 16.5. The third-order valence-corrected chi connectivity index (χ3v) is 2.89. The summed E-state index contributed by atoms with van der Waals surface area (Å²) in [6, 6.07) is 5.82. The highest BCUT2D eigenvalue weighted by molar-refractivity contribution is 5.96. The first-order chi connectivity index (χ1) is 9.54. The van der Waals surface area contributed by atoms with Gasteiger partial charge in [0.05, 0.1) is 12.7 Å². The SMILES string of the molecule is CCCNc1ccc(C(=O)NCCOC(C)C)c(C)c1. The number of hydrogen-bond acceptors (Lipinski definition) is 3.